The van der Waals surface area contributed by atoms with Gasteiger partial charge in [0.15, 0.2) is 0 Å². The molecule has 0 saturated carbocycles. The lowest BCUT2D eigenvalue weighted by atomic mass is 9.92. The molecule has 2 heterocycles. The Balaban J connectivity index is 2.23. The SMILES string of the molecule is C[C@@H]1C[C@H](C)CN(c2ccc([N+](=O)[O-])c(N)n2)C1. The third kappa shape index (κ3) is 2.52. The molecule has 2 atom stereocenters. The summed E-state index contributed by atoms with van der Waals surface area (Å²) in [6.45, 7) is 6.26. The number of anilines is 2. The molecule has 0 aromatic carbocycles. The number of nitrogen functional groups attached to an aromatic ring is 1. The number of nitrogens with two attached hydrogens (primary N) is 1. The second kappa shape index (κ2) is 4.80. The van der Waals surface area contributed by atoms with Crippen molar-refractivity contribution < 1.29 is 4.92 Å². The van der Waals surface area contributed by atoms with Crippen LogP contribution in [0.25, 0.3) is 0 Å². The minimum Gasteiger partial charge on any atom is -0.378 e. The quantitative estimate of drug-likeness (QED) is 0.641. The van der Waals surface area contributed by atoms with Gasteiger partial charge in [-0.25, -0.2) is 4.98 Å². The summed E-state index contributed by atoms with van der Waals surface area (Å²) in [7, 11) is 0. The van der Waals surface area contributed by atoms with Crippen LogP contribution in [0.5, 0.6) is 0 Å². The molecule has 1 aliphatic heterocycles. The molecule has 2 rings (SSSR count). The number of aromatic nitrogens is 1. The topological polar surface area (TPSA) is 85.3 Å². The summed E-state index contributed by atoms with van der Waals surface area (Å²) in [5.74, 6) is 1.93. The number of piperidine rings is 1. The Morgan fingerprint density at radius 1 is 1.39 bits per heavy atom. The van der Waals surface area contributed by atoms with Crippen molar-refractivity contribution in [2.24, 2.45) is 11.8 Å². The second-order valence-electron chi connectivity index (χ2n) is 5.18. The Bertz CT molecular complexity index is 453. The van der Waals surface area contributed by atoms with Gasteiger partial charge in [-0.1, -0.05) is 13.8 Å². The first-order chi connectivity index (χ1) is 8.47. The number of rotatable bonds is 2. The zero-order chi connectivity index (χ0) is 13.3. The van der Waals surface area contributed by atoms with Crippen LogP contribution in [-0.2, 0) is 0 Å². The van der Waals surface area contributed by atoms with Crippen molar-refractivity contribution in [1.82, 2.24) is 4.98 Å². The largest absolute Gasteiger partial charge is 0.378 e. The fraction of sp³-hybridized carbons (Fsp3) is 0.583. The third-order valence-electron chi connectivity index (χ3n) is 3.28. The average Bonchev–Trinajstić information content (AvgIpc) is 2.26. The Kier molecular flexibility index (Phi) is 3.36. The molecule has 6 heteroatoms. The maximum atomic E-state index is 10.7. The van der Waals surface area contributed by atoms with Gasteiger partial charge in [0.2, 0.25) is 5.82 Å². The summed E-state index contributed by atoms with van der Waals surface area (Å²) < 4.78 is 0. The molecule has 6 nitrogen and oxygen atoms in total. The van der Waals surface area contributed by atoms with Gasteiger partial charge in [0, 0.05) is 19.2 Å². The van der Waals surface area contributed by atoms with E-state index in [0.717, 1.165) is 18.9 Å². The van der Waals surface area contributed by atoms with Gasteiger partial charge >= 0.3 is 5.69 Å². The molecule has 1 aromatic heterocycles. The van der Waals surface area contributed by atoms with Crippen LogP contribution < -0.4 is 10.6 Å². The summed E-state index contributed by atoms with van der Waals surface area (Å²) in [6, 6.07) is 3.11. The highest BCUT2D eigenvalue weighted by Crippen LogP contribution is 2.28. The first kappa shape index (κ1) is 12.6. The predicted octanol–water partition coefficient (Wildman–Crippen LogP) is 2.05. The summed E-state index contributed by atoms with van der Waals surface area (Å²) in [4.78, 5) is 16.5. The first-order valence-electron chi connectivity index (χ1n) is 6.13. The standard InChI is InChI=1S/C12H18N4O2/c1-8-5-9(2)7-15(6-8)11-4-3-10(16(17)18)12(13)14-11/h3-4,8-9H,5-7H2,1-2H3,(H2,13,14)/t8-,9+. The smallest absolute Gasteiger partial charge is 0.311 e. The molecule has 0 unspecified atom stereocenters. The molecule has 2 N–H and O–H groups in total. The van der Waals surface area contributed by atoms with E-state index in [9.17, 15) is 10.1 Å². The van der Waals surface area contributed by atoms with Gasteiger partial charge in [-0.05, 0) is 24.3 Å². The average molecular weight is 250 g/mol. The molecule has 0 radical (unpaired) electrons. The summed E-state index contributed by atoms with van der Waals surface area (Å²) in [6.07, 6.45) is 1.21. The minimum absolute atomic E-state index is 0.0108. The molecule has 1 aromatic rings. The zero-order valence-corrected chi connectivity index (χ0v) is 10.7. The molecule has 98 valence electrons. The predicted molar refractivity (Wildman–Crippen MR) is 70.5 cm³/mol. The third-order valence-corrected chi connectivity index (χ3v) is 3.28. The van der Waals surface area contributed by atoms with Gasteiger partial charge in [0.05, 0.1) is 4.92 Å². The van der Waals surface area contributed by atoms with Crippen molar-refractivity contribution in [3.05, 3.63) is 22.2 Å². The number of hydrogen-bond acceptors (Lipinski definition) is 5. The van der Waals surface area contributed by atoms with E-state index in [1.54, 1.807) is 6.07 Å². The van der Waals surface area contributed by atoms with Crippen molar-refractivity contribution >= 4 is 17.3 Å². The van der Waals surface area contributed by atoms with Crippen LogP contribution in [0, 0.1) is 22.0 Å². The number of nitrogens with zero attached hydrogens (tertiary/aromatic N) is 3. The summed E-state index contributed by atoms with van der Waals surface area (Å²) >= 11 is 0. The van der Waals surface area contributed by atoms with Crippen LogP contribution in [-0.4, -0.2) is 23.0 Å². The van der Waals surface area contributed by atoms with E-state index in [-0.39, 0.29) is 11.5 Å². The van der Waals surface area contributed by atoms with Crippen LogP contribution in [0.4, 0.5) is 17.3 Å². The molecule has 1 aliphatic rings. The fourth-order valence-corrected chi connectivity index (χ4v) is 2.64. The maximum Gasteiger partial charge on any atom is 0.311 e. The second-order valence-corrected chi connectivity index (χ2v) is 5.18. The first-order valence-corrected chi connectivity index (χ1v) is 6.13. The van der Waals surface area contributed by atoms with Crippen molar-refractivity contribution in [3.8, 4) is 0 Å². The number of hydrogen-bond donors (Lipinski definition) is 1. The molecular weight excluding hydrogens is 232 g/mol. The highest BCUT2D eigenvalue weighted by atomic mass is 16.6. The zero-order valence-electron chi connectivity index (χ0n) is 10.7. The minimum atomic E-state index is -0.506. The fourth-order valence-electron chi connectivity index (χ4n) is 2.64. The Morgan fingerprint density at radius 3 is 2.50 bits per heavy atom. The molecular formula is C12H18N4O2. The highest BCUT2D eigenvalue weighted by molar-refractivity contribution is 5.58. The van der Waals surface area contributed by atoms with Gasteiger partial charge < -0.3 is 10.6 Å². The van der Waals surface area contributed by atoms with Crippen LogP contribution in [0.1, 0.15) is 20.3 Å². The Labute approximate surface area is 106 Å². The van der Waals surface area contributed by atoms with Crippen LogP contribution in [0.3, 0.4) is 0 Å². The van der Waals surface area contributed by atoms with E-state index in [1.807, 2.05) is 0 Å². The number of nitro groups is 1. The summed E-state index contributed by atoms with van der Waals surface area (Å²) in [5, 5.41) is 10.7. The Morgan fingerprint density at radius 2 is 2.00 bits per heavy atom. The highest BCUT2D eigenvalue weighted by Gasteiger charge is 2.24. The van der Waals surface area contributed by atoms with Crippen LogP contribution >= 0.6 is 0 Å². The van der Waals surface area contributed by atoms with Crippen LogP contribution in [0.2, 0.25) is 0 Å². The molecule has 0 amide bonds. The van der Waals surface area contributed by atoms with Gasteiger partial charge in [-0.3, -0.25) is 10.1 Å². The van der Waals surface area contributed by atoms with E-state index < -0.39 is 4.92 Å². The van der Waals surface area contributed by atoms with Crippen LogP contribution in [0.15, 0.2) is 12.1 Å². The van der Waals surface area contributed by atoms with Gasteiger partial charge in [0.1, 0.15) is 5.82 Å². The van der Waals surface area contributed by atoms with Gasteiger partial charge in [-0.15, -0.1) is 0 Å². The van der Waals surface area contributed by atoms with E-state index in [1.165, 1.54) is 12.5 Å². The summed E-state index contributed by atoms with van der Waals surface area (Å²) in [5.41, 5.74) is 5.49. The normalized spacial score (nSPS) is 24.0. The monoisotopic (exact) mass is 250 g/mol. The Hall–Kier alpha value is -1.85. The van der Waals surface area contributed by atoms with Crippen molar-refractivity contribution in [2.75, 3.05) is 23.7 Å². The van der Waals surface area contributed by atoms with Crippen molar-refractivity contribution in [3.63, 3.8) is 0 Å². The van der Waals surface area contributed by atoms with Gasteiger partial charge in [0.25, 0.3) is 0 Å². The lowest BCUT2D eigenvalue weighted by molar-refractivity contribution is -0.384. The molecule has 1 saturated heterocycles. The molecule has 1 fully saturated rings. The lowest BCUT2D eigenvalue weighted by Crippen LogP contribution is -2.39. The van der Waals surface area contributed by atoms with E-state index >= 15 is 0 Å². The van der Waals surface area contributed by atoms with E-state index in [4.69, 9.17) is 5.73 Å². The van der Waals surface area contributed by atoms with E-state index in [0.29, 0.717) is 11.8 Å². The molecule has 18 heavy (non-hydrogen) atoms. The van der Waals surface area contributed by atoms with Crippen molar-refractivity contribution in [2.45, 2.75) is 20.3 Å². The van der Waals surface area contributed by atoms with E-state index in [2.05, 4.69) is 23.7 Å². The molecule has 0 bridgehead atoms. The lowest BCUT2D eigenvalue weighted by Gasteiger charge is -2.35. The molecule has 0 spiro atoms. The number of pyridine rings is 1. The van der Waals surface area contributed by atoms with Crippen molar-refractivity contribution in [1.29, 1.82) is 0 Å². The van der Waals surface area contributed by atoms with Gasteiger partial charge in [-0.2, -0.15) is 0 Å². The maximum absolute atomic E-state index is 10.7. The molecule has 0 aliphatic carbocycles.